The minimum Gasteiger partial charge on any atom is -0.477 e. The molecule has 40 heavy (non-hydrogen) atoms. The molecule has 0 fully saturated rings. The van der Waals surface area contributed by atoms with E-state index >= 15 is 0 Å². The van der Waals surface area contributed by atoms with Crippen molar-refractivity contribution in [2.24, 2.45) is 5.92 Å². The Morgan fingerprint density at radius 2 is 0.900 bits per heavy atom. The van der Waals surface area contributed by atoms with Gasteiger partial charge in [-0.05, 0) is 28.2 Å². The first-order valence-corrected chi connectivity index (χ1v) is 13.5. The molecule has 5 rings (SSSR count). The zero-order valence-corrected chi connectivity index (χ0v) is 22.7. The molecular formula is C35H34NO4+. The molecule has 0 bridgehead atoms. The summed E-state index contributed by atoms with van der Waals surface area (Å²) in [4.78, 5) is 0. The van der Waals surface area contributed by atoms with Gasteiger partial charge in [-0.15, -0.1) is 0 Å². The fraction of sp³-hybridized carbons (Fsp3) is 0.171. The van der Waals surface area contributed by atoms with Crippen molar-refractivity contribution in [2.45, 2.75) is 32.2 Å². The van der Waals surface area contributed by atoms with Crippen molar-refractivity contribution >= 4 is 0 Å². The number of hydrogen-bond acceptors (Lipinski definition) is 4. The molecule has 0 spiro atoms. The highest BCUT2D eigenvalue weighted by Gasteiger charge is 2.31. The number of hydrogen-bond donors (Lipinski definition) is 2. The first-order chi connectivity index (χ1) is 19.5. The predicted octanol–water partition coefficient (Wildman–Crippen LogP) is 7.24. The van der Waals surface area contributed by atoms with Crippen LogP contribution in [0, 0.1) is 5.92 Å². The summed E-state index contributed by atoms with van der Waals surface area (Å²) in [6.45, 7) is 3.79. The third-order valence-electron chi connectivity index (χ3n) is 6.86. The van der Waals surface area contributed by atoms with E-state index in [0.29, 0.717) is 17.2 Å². The average molecular weight is 533 g/mol. The van der Waals surface area contributed by atoms with Gasteiger partial charge in [0.15, 0.2) is 5.75 Å². The van der Waals surface area contributed by atoms with Gasteiger partial charge in [0.1, 0.15) is 18.3 Å². The van der Waals surface area contributed by atoms with Crippen molar-refractivity contribution in [3.63, 3.8) is 0 Å². The molecule has 0 aliphatic carbocycles. The van der Waals surface area contributed by atoms with E-state index in [0.717, 1.165) is 27.0 Å². The second kappa shape index (κ2) is 12.5. The van der Waals surface area contributed by atoms with Crippen LogP contribution in [-0.2, 0) is 0 Å². The highest BCUT2D eigenvalue weighted by atomic mass is 16.5. The predicted molar refractivity (Wildman–Crippen MR) is 154 cm³/mol. The SMILES string of the molecule is CC(C)C(O)c1cc(OC(c2ccccc2)c2ccccc2)c(OC(c2ccccc2)c2ccccc2)c[n+]1O. The van der Waals surface area contributed by atoms with Gasteiger partial charge in [-0.1, -0.05) is 135 Å². The smallest absolute Gasteiger partial charge is 0.268 e. The topological polar surface area (TPSA) is 62.8 Å². The maximum atomic E-state index is 11.0. The summed E-state index contributed by atoms with van der Waals surface area (Å²) >= 11 is 0. The minimum atomic E-state index is -0.910. The van der Waals surface area contributed by atoms with Crippen LogP contribution in [-0.4, -0.2) is 10.3 Å². The summed E-state index contributed by atoms with van der Waals surface area (Å²) in [6, 6.07) is 41.5. The molecular weight excluding hydrogens is 498 g/mol. The molecule has 1 atom stereocenters. The van der Waals surface area contributed by atoms with Crippen LogP contribution in [0.4, 0.5) is 0 Å². The quantitative estimate of drug-likeness (QED) is 0.147. The highest BCUT2D eigenvalue weighted by Crippen LogP contribution is 2.39. The molecule has 5 heteroatoms. The Morgan fingerprint density at radius 1 is 0.550 bits per heavy atom. The first-order valence-electron chi connectivity index (χ1n) is 13.5. The second-order valence-corrected chi connectivity index (χ2v) is 10.1. The number of aliphatic hydroxyl groups is 1. The molecule has 0 amide bonds. The van der Waals surface area contributed by atoms with Crippen molar-refractivity contribution in [3.8, 4) is 11.5 Å². The van der Waals surface area contributed by atoms with Crippen molar-refractivity contribution in [1.82, 2.24) is 0 Å². The number of nitrogens with zero attached hydrogens (tertiary/aromatic N) is 1. The van der Waals surface area contributed by atoms with Crippen molar-refractivity contribution in [2.75, 3.05) is 0 Å². The van der Waals surface area contributed by atoms with Crippen LogP contribution in [0.25, 0.3) is 0 Å². The Hall–Kier alpha value is -4.61. The Kier molecular flexibility index (Phi) is 8.43. The van der Waals surface area contributed by atoms with E-state index in [2.05, 4.69) is 0 Å². The molecule has 0 aliphatic heterocycles. The summed E-state index contributed by atoms with van der Waals surface area (Å²) in [5.74, 6) is 0.629. The van der Waals surface area contributed by atoms with Crippen LogP contribution in [0.3, 0.4) is 0 Å². The molecule has 0 saturated carbocycles. The van der Waals surface area contributed by atoms with Gasteiger partial charge < -0.3 is 14.6 Å². The molecule has 1 heterocycles. The standard InChI is InChI=1S/C35H34NO4/c1-25(2)33(37)30-23-31(39-34(26-15-7-3-8-16-26)27-17-9-4-10-18-27)32(24-36(30)38)40-35(28-19-11-5-12-20-28)29-21-13-6-14-22-29/h3-25,33-35,37-38H,1-2H3/q+1. The van der Waals surface area contributed by atoms with Gasteiger partial charge in [-0.3, -0.25) is 5.21 Å². The van der Waals surface area contributed by atoms with Gasteiger partial charge in [0.05, 0.1) is 6.07 Å². The Morgan fingerprint density at radius 3 is 1.25 bits per heavy atom. The third kappa shape index (κ3) is 6.16. The highest BCUT2D eigenvalue weighted by molar-refractivity contribution is 5.42. The lowest BCUT2D eigenvalue weighted by Gasteiger charge is -2.24. The van der Waals surface area contributed by atoms with Gasteiger partial charge in [0.2, 0.25) is 5.75 Å². The van der Waals surface area contributed by atoms with Crippen LogP contribution in [0.2, 0.25) is 0 Å². The van der Waals surface area contributed by atoms with Crippen LogP contribution >= 0.6 is 0 Å². The third-order valence-corrected chi connectivity index (χ3v) is 6.86. The summed E-state index contributed by atoms with van der Waals surface area (Å²) in [6.07, 6.45) is -0.345. The molecule has 0 aliphatic rings. The van der Waals surface area contributed by atoms with E-state index < -0.39 is 18.3 Å². The monoisotopic (exact) mass is 532 g/mol. The van der Waals surface area contributed by atoms with E-state index in [4.69, 9.17) is 9.47 Å². The van der Waals surface area contributed by atoms with Gasteiger partial charge in [0.25, 0.3) is 11.9 Å². The molecule has 0 radical (unpaired) electrons. The Balaban J connectivity index is 1.63. The van der Waals surface area contributed by atoms with Crippen molar-refractivity contribution in [3.05, 3.63) is 162 Å². The van der Waals surface area contributed by atoms with Gasteiger partial charge in [-0.2, -0.15) is 0 Å². The molecule has 202 valence electrons. The van der Waals surface area contributed by atoms with Crippen molar-refractivity contribution < 1.29 is 24.5 Å². The number of rotatable bonds is 10. The maximum Gasteiger partial charge on any atom is 0.268 e. The number of benzene rings is 4. The van der Waals surface area contributed by atoms with Crippen LogP contribution < -0.4 is 14.2 Å². The van der Waals surface area contributed by atoms with Crippen LogP contribution in [0.15, 0.2) is 134 Å². The normalized spacial score (nSPS) is 12.1. The van der Waals surface area contributed by atoms with E-state index in [1.165, 1.54) is 6.20 Å². The zero-order valence-electron chi connectivity index (χ0n) is 22.7. The van der Waals surface area contributed by atoms with Crippen LogP contribution in [0.5, 0.6) is 11.5 Å². The Bertz CT molecular complexity index is 1410. The first kappa shape index (κ1) is 27.0. The number of ether oxygens (including phenoxy) is 2. The Labute approximate surface area is 235 Å². The lowest BCUT2D eigenvalue weighted by Crippen LogP contribution is -2.38. The fourth-order valence-corrected chi connectivity index (χ4v) is 4.69. The lowest BCUT2D eigenvalue weighted by molar-refractivity contribution is -0.911. The van der Waals surface area contributed by atoms with Crippen molar-refractivity contribution in [1.29, 1.82) is 0 Å². The zero-order chi connectivity index (χ0) is 27.9. The van der Waals surface area contributed by atoms with E-state index in [1.54, 1.807) is 6.07 Å². The summed E-state index contributed by atoms with van der Waals surface area (Å²) < 4.78 is 14.4. The van der Waals surface area contributed by atoms with Gasteiger partial charge >= 0.3 is 0 Å². The fourth-order valence-electron chi connectivity index (χ4n) is 4.69. The van der Waals surface area contributed by atoms with Gasteiger partial charge in [0, 0.05) is 4.73 Å². The van der Waals surface area contributed by atoms with E-state index in [9.17, 15) is 10.3 Å². The molecule has 4 aromatic carbocycles. The van der Waals surface area contributed by atoms with E-state index in [1.807, 2.05) is 135 Å². The lowest BCUT2D eigenvalue weighted by atomic mass is 10.0. The molecule has 1 unspecified atom stereocenters. The second-order valence-electron chi connectivity index (χ2n) is 10.1. The number of aromatic nitrogens is 1. The van der Waals surface area contributed by atoms with E-state index in [-0.39, 0.29) is 5.92 Å². The molecule has 5 aromatic rings. The number of aliphatic hydroxyl groups excluding tert-OH is 1. The average Bonchev–Trinajstić information content (AvgIpc) is 3.00. The summed E-state index contributed by atoms with van der Waals surface area (Å²) in [7, 11) is 0. The maximum absolute atomic E-state index is 11.0. The summed E-state index contributed by atoms with van der Waals surface area (Å²) in [5, 5.41) is 21.9. The number of pyridine rings is 1. The molecule has 1 aromatic heterocycles. The van der Waals surface area contributed by atoms with Crippen LogP contribution in [0.1, 0.15) is 60.1 Å². The molecule has 5 nitrogen and oxygen atoms in total. The molecule has 2 N–H and O–H groups in total. The molecule has 0 saturated heterocycles. The van der Waals surface area contributed by atoms with Gasteiger partial charge in [-0.25, -0.2) is 0 Å². The summed E-state index contributed by atoms with van der Waals surface area (Å²) in [5.41, 5.74) is 4.16. The minimum absolute atomic E-state index is 0.126. The largest absolute Gasteiger partial charge is 0.477 e.